The van der Waals surface area contributed by atoms with Crippen LogP contribution in [0.4, 0.5) is 0 Å². The Balaban J connectivity index is 0.000000246. The molecular formula is C50H67O9P. The number of rotatable bonds is 15. The van der Waals surface area contributed by atoms with Gasteiger partial charge in [0.15, 0.2) is 0 Å². The van der Waals surface area contributed by atoms with Gasteiger partial charge in [0.05, 0.1) is 27.1 Å². The second-order valence-electron chi connectivity index (χ2n) is 17.6. The lowest BCUT2D eigenvalue weighted by Crippen LogP contribution is -2.28. The Bertz CT molecular complexity index is 1760. The highest BCUT2D eigenvalue weighted by molar-refractivity contribution is 7.95. The summed E-state index contributed by atoms with van der Waals surface area (Å²) in [6.45, 7) is 8.87. The molecule has 0 bridgehead atoms. The van der Waals surface area contributed by atoms with E-state index in [4.69, 9.17) is 14.2 Å². The molecule has 0 aliphatic heterocycles. The molecule has 2 aliphatic carbocycles. The van der Waals surface area contributed by atoms with E-state index < -0.39 is 18.1 Å². The molecule has 0 radical (unpaired) electrons. The van der Waals surface area contributed by atoms with Crippen molar-refractivity contribution in [1.29, 1.82) is 0 Å². The number of hydrogen-bond acceptors (Lipinski definition) is 9. The van der Waals surface area contributed by atoms with Crippen molar-refractivity contribution in [3.63, 3.8) is 0 Å². The van der Waals surface area contributed by atoms with Gasteiger partial charge in [-0.15, -0.1) is 0 Å². The van der Waals surface area contributed by atoms with Gasteiger partial charge in [-0.25, -0.2) is 9.59 Å². The predicted molar refractivity (Wildman–Crippen MR) is 242 cm³/mol. The molecule has 3 aromatic rings. The summed E-state index contributed by atoms with van der Waals surface area (Å²) in [7, 11) is 2.77. The summed E-state index contributed by atoms with van der Waals surface area (Å²) in [5, 5.41) is 3.40. The van der Waals surface area contributed by atoms with Gasteiger partial charge in [-0.1, -0.05) is 136 Å². The number of hydrogen-bond donors (Lipinski definition) is 0. The molecule has 2 saturated carbocycles. The second-order valence-corrected chi connectivity index (χ2v) is 20.8. The maximum Gasteiger partial charge on any atom is 0.331 e. The van der Waals surface area contributed by atoms with E-state index >= 15 is 0 Å². The summed E-state index contributed by atoms with van der Waals surface area (Å²) in [5.74, 6) is 1.83. The quantitative estimate of drug-likeness (QED) is 0.0486. The smallest absolute Gasteiger partial charge is 0.331 e. The first kappa shape index (κ1) is 49.6. The maximum absolute atomic E-state index is 12.3. The molecule has 60 heavy (non-hydrogen) atoms. The molecule has 9 nitrogen and oxygen atoms in total. The van der Waals surface area contributed by atoms with Crippen molar-refractivity contribution in [3.8, 4) is 0 Å². The third kappa shape index (κ3) is 17.5. The minimum absolute atomic E-state index is 0.0502. The van der Waals surface area contributed by atoms with Gasteiger partial charge in [-0.3, -0.25) is 9.59 Å². The van der Waals surface area contributed by atoms with Crippen molar-refractivity contribution >= 4 is 58.8 Å². The van der Waals surface area contributed by atoms with Crippen LogP contribution in [-0.4, -0.2) is 61.4 Å². The molecule has 3 aromatic carbocycles. The Morgan fingerprint density at radius 2 is 0.967 bits per heavy atom. The van der Waals surface area contributed by atoms with Crippen LogP contribution in [0.25, 0.3) is 0 Å². The van der Waals surface area contributed by atoms with Crippen LogP contribution in [-0.2, 0) is 42.9 Å². The van der Waals surface area contributed by atoms with Gasteiger partial charge in [0.1, 0.15) is 17.5 Å². The van der Waals surface area contributed by atoms with E-state index in [-0.39, 0.29) is 42.1 Å². The molecule has 5 rings (SSSR count). The number of allylic oxidation sites excluding steroid dienone is 1. The molecular weight excluding hydrogens is 776 g/mol. The summed E-state index contributed by atoms with van der Waals surface area (Å²) < 4.78 is 20.1. The average Bonchev–Trinajstić information content (AvgIpc) is 3.18. The number of carbonyl (C=O) groups is 5. The minimum Gasteiger partial charge on any atom is -0.466 e. The van der Waals surface area contributed by atoms with Crippen molar-refractivity contribution in [2.24, 2.45) is 23.7 Å². The summed E-state index contributed by atoms with van der Waals surface area (Å²) in [5.41, 5.74) is -0.925. The van der Waals surface area contributed by atoms with Crippen LogP contribution in [0.1, 0.15) is 106 Å². The van der Waals surface area contributed by atoms with Gasteiger partial charge in [0.25, 0.3) is 0 Å². The van der Waals surface area contributed by atoms with E-state index in [1.807, 2.05) is 96.1 Å². The van der Waals surface area contributed by atoms with Gasteiger partial charge in [-0.05, 0) is 94.9 Å². The van der Waals surface area contributed by atoms with E-state index in [9.17, 15) is 24.0 Å². The summed E-state index contributed by atoms with van der Waals surface area (Å²) in [6.07, 6.45) is 13.8. The largest absolute Gasteiger partial charge is 0.466 e. The van der Waals surface area contributed by atoms with Crippen molar-refractivity contribution < 1.29 is 42.9 Å². The lowest BCUT2D eigenvalue weighted by Gasteiger charge is -2.28. The molecule has 0 unspecified atom stereocenters. The monoisotopic (exact) mass is 842 g/mol. The highest BCUT2D eigenvalue weighted by atomic mass is 31.2. The molecule has 0 amide bonds. The van der Waals surface area contributed by atoms with E-state index in [1.165, 1.54) is 58.8 Å². The highest BCUT2D eigenvalue weighted by Crippen LogP contribution is 2.43. The number of carbonyl (C=O) groups excluding carboxylic acids is 5. The molecule has 0 N–H and O–H groups in total. The van der Waals surface area contributed by atoms with E-state index in [2.05, 4.69) is 41.1 Å². The van der Waals surface area contributed by atoms with Crippen molar-refractivity contribution in [1.82, 2.24) is 0 Å². The highest BCUT2D eigenvalue weighted by Gasteiger charge is 2.28. The van der Waals surface area contributed by atoms with Crippen LogP contribution in [0.5, 0.6) is 0 Å². The standard InChI is InChI=1S/C21H19O2P.C16H26O4.C13H22O3/c1-23-21(22)17-24(18-11-5-2-6-12-18,19-13-7-3-8-14-19)20-15-9-4-10-16-20;1-16(2,3)20-15(18)11-13(8-9-14(17)19-4)10-12-6-5-7-12;1-13(2,3)16-12(15)8-11(9-14)7-10-5-4-6-10/h2-17H,1H3;8-9,12-13H,5-7,10-11H2,1-4H3;9-11H,4-8H2,1-3H3/b;9-8+;/t;13-;11-/m.11/s1. The van der Waals surface area contributed by atoms with Crippen molar-refractivity contribution in [2.45, 2.75) is 117 Å². The number of methoxy groups -OCH3 is 2. The van der Waals surface area contributed by atoms with E-state index in [0.717, 1.165) is 35.0 Å². The lowest BCUT2D eigenvalue weighted by atomic mass is 9.78. The number of ether oxygens (including phenoxy) is 4. The Kier molecular flexibility index (Phi) is 20.3. The zero-order valence-corrected chi connectivity index (χ0v) is 37.9. The van der Waals surface area contributed by atoms with Gasteiger partial charge in [-0.2, -0.15) is 0 Å². The predicted octanol–water partition coefficient (Wildman–Crippen LogP) is 8.93. The van der Waals surface area contributed by atoms with Crippen LogP contribution >= 0.6 is 6.89 Å². The zero-order chi connectivity index (χ0) is 44.2. The number of esters is 4. The molecule has 10 heteroatoms. The van der Waals surface area contributed by atoms with Gasteiger partial charge in [0.2, 0.25) is 0 Å². The fourth-order valence-corrected chi connectivity index (χ4v) is 10.8. The summed E-state index contributed by atoms with van der Waals surface area (Å²) in [6, 6.07) is 30.6. The van der Waals surface area contributed by atoms with Crippen LogP contribution in [0.15, 0.2) is 103 Å². The molecule has 0 aromatic heterocycles. The van der Waals surface area contributed by atoms with E-state index in [0.29, 0.717) is 18.3 Å². The van der Waals surface area contributed by atoms with E-state index in [1.54, 1.807) is 11.9 Å². The normalized spacial score (nSPS) is 15.2. The molecule has 2 atom stereocenters. The van der Waals surface area contributed by atoms with Crippen LogP contribution in [0.3, 0.4) is 0 Å². The van der Waals surface area contributed by atoms with Crippen LogP contribution < -0.4 is 15.9 Å². The fraction of sp³-hybridized carbons (Fsp3) is 0.480. The van der Waals surface area contributed by atoms with Crippen molar-refractivity contribution in [3.05, 3.63) is 103 Å². The van der Waals surface area contributed by atoms with Crippen LogP contribution in [0, 0.1) is 23.7 Å². The van der Waals surface area contributed by atoms with Gasteiger partial charge >= 0.3 is 23.9 Å². The fourth-order valence-electron chi connectivity index (χ4n) is 7.08. The molecule has 0 saturated heterocycles. The molecule has 326 valence electrons. The minimum atomic E-state index is -2.23. The molecule has 0 spiro atoms. The number of aldehydes is 1. The molecule has 0 heterocycles. The topological polar surface area (TPSA) is 122 Å². The first-order chi connectivity index (χ1) is 28.5. The third-order valence-electron chi connectivity index (χ3n) is 10.3. The lowest BCUT2D eigenvalue weighted by molar-refractivity contribution is -0.157. The summed E-state index contributed by atoms with van der Waals surface area (Å²) in [4.78, 5) is 57.8. The first-order valence-electron chi connectivity index (χ1n) is 21.1. The van der Waals surface area contributed by atoms with Crippen LogP contribution in [0.2, 0.25) is 0 Å². The van der Waals surface area contributed by atoms with Gasteiger partial charge < -0.3 is 23.7 Å². The number of benzene rings is 3. The SMILES string of the molecule is CC(C)(C)OC(=O)C[C@H](C=O)CC1CCC1.COC(=O)/C=C/[C@@H](CC(=O)OC(C)(C)C)CC1CCC1.COC(=O)C=P(c1ccccc1)(c1ccccc1)c1ccccc1. The van der Waals surface area contributed by atoms with Crippen molar-refractivity contribution in [2.75, 3.05) is 14.2 Å². The zero-order valence-electron chi connectivity index (χ0n) is 37.0. The Hall–Kier alpha value is -4.75. The first-order valence-corrected chi connectivity index (χ1v) is 23.0. The third-order valence-corrected chi connectivity index (χ3v) is 14.2. The Morgan fingerprint density at radius 1 is 0.600 bits per heavy atom. The van der Waals surface area contributed by atoms with Gasteiger partial charge in [0, 0.05) is 17.8 Å². The second kappa shape index (κ2) is 24.5. The molecule has 2 aliphatic rings. The maximum atomic E-state index is 12.3. The molecule has 2 fully saturated rings. The summed E-state index contributed by atoms with van der Waals surface area (Å²) >= 11 is 0. The Labute approximate surface area is 358 Å². The average molecular weight is 843 g/mol. The Morgan fingerprint density at radius 3 is 1.28 bits per heavy atom.